The van der Waals surface area contributed by atoms with E-state index >= 15 is 0 Å². The third-order valence-corrected chi connectivity index (χ3v) is 3.19. The Bertz CT molecular complexity index is 218. The van der Waals surface area contributed by atoms with E-state index in [-0.39, 0.29) is 12.5 Å². The van der Waals surface area contributed by atoms with Gasteiger partial charge in [-0.15, -0.1) is 0 Å². The monoisotopic (exact) mass is 244 g/mol. The Morgan fingerprint density at radius 2 is 2.12 bits per heavy atom. The van der Waals surface area contributed by atoms with Crippen LogP contribution in [0.5, 0.6) is 0 Å². The standard InChI is InChI=1S/C12H24N2O3/c1-17-9-7-14(6-8-15)12(16)10-13-11-4-2-3-5-11/h11,13,15H,2-10H2,1H3. The lowest BCUT2D eigenvalue weighted by Gasteiger charge is -2.22. The van der Waals surface area contributed by atoms with Crippen molar-refractivity contribution in [2.24, 2.45) is 0 Å². The molecule has 0 heterocycles. The normalized spacial score (nSPS) is 16.4. The number of amides is 1. The first-order valence-electron chi connectivity index (χ1n) is 6.39. The quantitative estimate of drug-likeness (QED) is 0.630. The van der Waals surface area contributed by atoms with Crippen molar-refractivity contribution >= 4 is 5.91 Å². The van der Waals surface area contributed by atoms with E-state index < -0.39 is 0 Å². The Morgan fingerprint density at radius 3 is 2.71 bits per heavy atom. The Morgan fingerprint density at radius 1 is 1.41 bits per heavy atom. The van der Waals surface area contributed by atoms with Gasteiger partial charge in [0.1, 0.15) is 0 Å². The van der Waals surface area contributed by atoms with Gasteiger partial charge in [0.05, 0.1) is 19.8 Å². The molecule has 1 fully saturated rings. The van der Waals surface area contributed by atoms with E-state index in [0.717, 1.165) is 0 Å². The van der Waals surface area contributed by atoms with Crippen LogP contribution in [0.2, 0.25) is 0 Å². The van der Waals surface area contributed by atoms with Crippen molar-refractivity contribution in [2.45, 2.75) is 31.7 Å². The number of methoxy groups -OCH3 is 1. The molecule has 1 rings (SSSR count). The van der Waals surface area contributed by atoms with Gasteiger partial charge in [0, 0.05) is 26.2 Å². The van der Waals surface area contributed by atoms with Crippen molar-refractivity contribution in [1.82, 2.24) is 10.2 Å². The van der Waals surface area contributed by atoms with Crippen molar-refractivity contribution < 1.29 is 14.6 Å². The maximum atomic E-state index is 11.9. The number of nitrogens with zero attached hydrogens (tertiary/aromatic N) is 1. The molecule has 5 nitrogen and oxygen atoms in total. The Labute approximate surface area is 103 Å². The zero-order chi connectivity index (χ0) is 12.5. The first-order chi connectivity index (χ1) is 8.27. The van der Waals surface area contributed by atoms with E-state index in [9.17, 15) is 4.79 Å². The van der Waals surface area contributed by atoms with Gasteiger partial charge in [-0.05, 0) is 12.8 Å². The Balaban J connectivity index is 2.24. The van der Waals surface area contributed by atoms with E-state index in [1.54, 1.807) is 12.0 Å². The van der Waals surface area contributed by atoms with Gasteiger partial charge in [-0.1, -0.05) is 12.8 Å². The number of rotatable bonds is 8. The summed E-state index contributed by atoms with van der Waals surface area (Å²) in [5, 5.41) is 12.2. The highest BCUT2D eigenvalue weighted by atomic mass is 16.5. The first-order valence-corrected chi connectivity index (χ1v) is 6.39. The molecule has 1 amide bonds. The van der Waals surface area contributed by atoms with E-state index in [0.29, 0.717) is 32.3 Å². The fourth-order valence-electron chi connectivity index (χ4n) is 2.16. The second-order valence-electron chi connectivity index (χ2n) is 4.46. The SMILES string of the molecule is COCCN(CCO)C(=O)CNC1CCCC1. The van der Waals surface area contributed by atoms with Crippen LogP contribution in [-0.4, -0.2) is 61.9 Å². The van der Waals surface area contributed by atoms with Crippen LogP contribution in [-0.2, 0) is 9.53 Å². The summed E-state index contributed by atoms with van der Waals surface area (Å²) in [7, 11) is 1.61. The minimum absolute atomic E-state index is 0.00111. The molecule has 0 aliphatic heterocycles. The van der Waals surface area contributed by atoms with Gasteiger partial charge in [0.2, 0.25) is 5.91 Å². The van der Waals surface area contributed by atoms with Gasteiger partial charge in [-0.2, -0.15) is 0 Å². The number of aliphatic hydroxyl groups is 1. The number of hydrogen-bond donors (Lipinski definition) is 2. The number of hydrogen-bond acceptors (Lipinski definition) is 4. The van der Waals surface area contributed by atoms with Crippen LogP contribution in [0.3, 0.4) is 0 Å². The zero-order valence-corrected chi connectivity index (χ0v) is 10.7. The Kier molecular flexibility index (Phi) is 7.16. The second-order valence-corrected chi connectivity index (χ2v) is 4.46. The molecule has 17 heavy (non-hydrogen) atoms. The smallest absolute Gasteiger partial charge is 0.236 e. The van der Waals surface area contributed by atoms with Crippen LogP contribution in [0.25, 0.3) is 0 Å². The summed E-state index contributed by atoms with van der Waals surface area (Å²) in [5.74, 6) is 0.0444. The predicted octanol–water partition coefficient (Wildman–Crippen LogP) is -0.0141. The van der Waals surface area contributed by atoms with E-state index in [2.05, 4.69) is 5.32 Å². The summed E-state index contributed by atoms with van der Waals surface area (Å²) < 4.78 is 4.95. The van der Waals surface area contributed by atoms with Gasteiger partial charge in [0.15, 0.2) is 0 Å². The minimum atomic E-state index is -0.00111. The maximum Gasteiger partial charge on any atom is 0.236 e. The fourth-order valence-corrected chi connectivity index (χ4v) is 2.16. The number of carbonyl (C=O) groups excluding carboxylic acids is 1. The zero-order valence-electron chi connectivity index (χ0n) is 10.7. The molecule has 0 aromatic rings. The molecule has 0 bridgehead atoms. The van der Waals surface area contributed by atoms with Gasteiger partial charge in [-0.25, -0.2) is 0 Å². The summed E-state index contributed by atoms with van der Waals surface area (Å²) in [6, 6.07) is 0.498. The van der Waals surface area contributed by atoms with Crippen molar-refractivity contribution in [3.8, 4) is 0 Å². The van der Waals surface area contributed by atoms with Crippen LogP contribution >= 0.6 is 0 Å². The molecule has 0 unspecified atom stereocenters. The first kappa shape index (κ1) is 14.4. The summed E-state index contributed by atoms with van der Waals surface area (Å²) in [4.78, 5) is 13.5. The van der Waals surface area contributed by atoms with E-state index in [1.165, 1.54) is 25.7 Å². The molecule has 1 aliphatic rings. The summed E-state index contributed by atoms with van der Waals surface area (Å²) in [6.45, 7) is 1.80. The van der Waals surface area contributed by atoms with Gasteiger partial charge in [-0.3, -0.25) is 4.79 Å². The minimum Gasteiger partial charge on any atom is -0.395 e. The lowest BCUT2D eigenvalue weighted by molar-refractivity contribution is -0.131. The second kappa shape index (κ2) is 8.44. The number of nitrogens with one attached hydrogen (secondary N) is 1. The average molecular weight is 244 g/mol. The molecule has 2 N–H and O–H groups in total. The van der Waals surface area contributed by atoms with Gasteiger partial charge < -0.3 is 20.1 Å². The average Bonchev–Trinajstić information content (AvgIpc) is 2.84. The summed E-state index contributed by atoms with van der Waals surface area (Å²) in [6.07, 6.45) is 4.86. The fraction of sp³-hybridized carbons (Fsp3) is 0.917. The third kappa shape index (κ3) is 5.48. The van der Waals surface area contributed by atoms with Crippen LogP contribution in [0, 0.1) is 0 Å². The summed E-state index contributed by atoms with van der Waals surface area (Å²) >= 11 is 0. The third-order valence-electron chi connectivity index (χ3n) is 3.19. The molecule has 0 aromatic carbocycles. The molecule has 0 spiro atoms. The van der Waals surface area contributed by atoms with Crippen LogP contribution < -0.4 is 5.32 Å². The molecule has 0 radical (unpaired) electrons. The van der Waals surface area contributed by atoms with Crippen molar-refractivity contribution in [3.63, 3.8) is 0 Å². The molecular formula is C12H24N2O3. The van der Waals surface area contributed by atoms with Crippen molar-refractivity contribution in [3.05, 3.63) is 0 Å². The lowest BCUT2D eigenvalue weighted by atomic mass is 10.2. The van der Waals surface area contributed by atoms with Gasteiger partial charge in [0.25, 0.3) is 0 Å². The number of ether oxygens (including phenoxy) is 1. The number of aliphatic hydroxyl groups excluding tert-OH is 1. The molecule has 100 valence electrons. The molecule has 1 aliphatic carbocycles. The Hall–Kier alpha value is -0.650. The highest BCUT2D eigenvalue weighted by Gasteiger charge is 2.17. The highest BCUT2D eigenvalue weighted by molar-refractivity contribution is 5.78. The molecule has 0 aromatic heterocycles. The number of carbonyl (C=O) groups is 1. The topological polar surface area (TPSA) is 61.8 Å². The van der Waals surface area contributed by atoms with E-state index in [4.69, 9.17) is 9.84 Å². The molecular weight excluding hydrogens is 220 g/mol. The van der Waals surface area contributed by atoms with Crippen molar-refractivity contribution in [1.29, 1.82) is 0 Å². The predicted molar refractivity (Wildman–Crippen MR) is 65.8 cm³/mol. The molecule has 1 saturated carbocycles. The molecule has 0 atom stereocenters. The largest absolute Gasteiger partial charge is 0.395 e. The maximum absolute atomic E-state index is 11.9. The molecule has 0 saturated heterocycles. The van der Waals surface area contributed by atoms with E-state index in [1.807, 2.05) is 0 Å². The lowest BCUT2D eigenvalue weighted by Crippen LogP contribution is -2.43. The van der Waals surface area contributed by atoms with Crippen LogP contribution in [0.1, 0.15) is 25.7 Å². The van der Waals surface area contributed by atoms with Crippen LogP contribution in [0.15, 0.2) is 0 Å². The van der Waals surface area contributed by atoms with Crippen LogP contribution in [0.4, 0.5) is 0 Å². The van der Waals surface area contributed by atoms with Gasteiger partial charge >= 0.3 is 0 Å². The highest BCUT2D eigenvalue weighted by Crippen LogP contribution is 2.17. The van der Waals surface area contributed by atoms with Crippen molar-refractivity contribution in [2.75, 3.05) is 40.0 Å². The summed E-state index contributed by atoms with van der Waals surface area (Å²) in [5.41, 5.74) is 0. The molecule has 5 heteroatoms.